The van der Waals surface area contributed by atoms with Gasteiger partial charge in [-0.3, -0.25) is 9.36 Å². The summed E-state index contributed by atoms with van der Waals surface area (Å²) in [5.74, 6) is -0.469. The summed E-state index contributed by atoms with van der Waals surface area (Å²) in [5.41, 5.74) is 3.97. The molecule has 1 saturated carbocycles. The van der Waals surface area contributed by atoms with Crippen molar-refractivity contribution in [3.8, 4) is 0 Å². The van der Waals surface area contributed by atoms with E-state index in [2.05, 4.69) is 4.98 Å². The van der Waals surface area contributed by atoms with Gasteiger partial charge in [0.2, 0.25) is 10.7 Å². The number of ketones is 1. The fraction of sp³-hybridized carbons (Fsp3) is 0.667. The van der Waals surface area contributed by atoms with Crippen LogP contribution < -0.4 is 5.73 Å². The van der Waals surface area contributed by atoms with Crippen molar-refractivity contribution < 1.29 is 34.0 Å². The molecule has 2 aliphatic rings. The molecule has 3 rings (SSSR count). The molecule has 25 heavy (non-hydrogen) atoms. The number of rotatable bonds is 7. The Labute approximate surface area is 157 Å². The van der Waals surface area contributed by atoms with Crippen molar-refractivity contribution in [3.05, 3.63) is 18.7 Å². The summed E-state index contributed by atoms with van der Waals surface area (Å²) in [5, 5.41) is 2.83. The Morgan fingerprint density at radius 1 is 1.52 bits per heavy atom. The lowest BCUT2D eigenvalue weighted by molar-refractivity contribution is -0.502. The molecule has 3 unspecified atom stereocenters. The molecule has 13 heteroatoms. The van der Waals surface area contributed by atoms with E-state index in [1.807, 2.05) is 0 Å². The lowest BCUT2D eigenvalue weighted by Gasteiger charge is -2.55. The molecule has 0 amide bonds. The highest BCUT2D eigenvalue weighted by Crippen LogP contribution is 2.81. The first-order valence-corrected chi connectivity index (χ1v) is 13.2. The largest absolute Gasteiger partial charge is 0.371 e. The monoisotopic (exact) mass is 505 g/mol. The third kappa shape index (κ3) is 2.76. The molecule has 0 radical (unpaired) electrons. The summed E-state index contributed by atoms with van der Waals surface area (Å²) in [4.78, 5) is 47.6. The molecule has 2 heterocycles. The fourth-order valence-electron chi connectivity index (χ4n) is 3.36. The highest BCUT2D eigenvalue weighted by atomic mass is 127. The van der Waals surface area contributed by atoms with Crippen molar-refractivity contribution in [2.24, 2.45) is 5.73 Å². The van der Waals surface area contributed by atoms with Crippen molar-refractivity contribution in [2.75, 3.05) is 6.54 Å². The Morgan fingerprint density at radius 2 is 2.24 bits per heavy atom. The van der Waals surface area contributed by atoms with E-state index in [1.54, 1.807) is 0 Å². The van der Waals surface area contributed by atoms with Crippen LogP contribution >= 0.6 is 35.2 Å². The smallest absolute Gasteiger partial charge is 0.296 e. The third-order valence-corrected chi connectivity index (χ3v) is 12.8. The average molecular weight is 505 g/mol. The Bertz CT molecular complexity index is 716. The van der Waals surface area contributed by atoms with E-state index < -0.39 is 35.0 Å². The van der Waals surface area contributed by atoms with Crippen LogP contribution in [0.2, 0.25) is 0 Å². The normalized spacial score (nSPS) is 34.4. The van der Waals surface area contributed by atoms with E-state index in [9.17, 15) is 24.3 Å². The number of Topliss-reactive ketones (excluding diaryl/α,β-unsaturated/α-hetero) is 1. The predicted octanol–water partition coefficient (Wildman–Crippen LogP) is 0.647. The minimum Gasteiger partial charge on any atom is -0.371 e. The third-order valence-electron chi connectivity index (χ3n) is 4.71. The maximum absolute atomic E-state index is 12.5. The summed E-state index contributed by atoms with van der Waals surface area (Å²) in [6.45, 7) is -0.709. The fourth-order valence-corrected chi connectivity index (χ4v) is 9.39. The molecule has 1 aliphatic heterocycles. The first-order valence-electron chi connectivity index (χ1n) is 7.43. The molecule has 1 aromatic rings. The van der Waals surface area contributed by atoms with Crippen LogP contribution in [0, 0.1) is 0 Å². The Hall–Kier alpha value is 0.0300. The standard InChI is InChI=1S/C12H18IN3O7P2/c13-25(20,21)12(18,7-16-5-4-15-8-16)24(19)11-3-1-2-10(11,22-23-11)9(17)6-14/h4-5,8,18-19H,1-3,6-7,14H2,(H,20,21)/t10?,11-,12?,24+/m0/s1. The Kier molecular flexibility index (Phi) is 5.20. The first kappa shape index (κ1) is 19.8. The summed E-state index contributed by atoms with van der Waals surface area (Å²) in [6, 6.07) is 0. The van der Waals surface area contributed by atoms with Crippen LogP contribution in [0.5, 0.6) is 0 Å². The second kappa shape index (κ2) is 6.57. The van der Waals surface area contributed by atoms with E-state index in [4.69, 9.17) is 15.5 Å². The number of aliphatic hydroxyl groups is 1. The van der Waals surface area contributed by atoms with Gasteiger partial charge < -0.3 is 25.2 Å². The number of nitrogens with zero attached hydrogens (tertiary/aromatic N) is 2. The van der Waals surface area contributed by atoms with Gasteiger partial charge in [-0.25, -0.2) is 14.8 Å². The lowest BCUT2D eigenvalue weighted by atomic mass is 9.92. The molecular formula is C12H18IN3O7P2. The molecule has 2 fully saturated rings. The number of imidazole rings is 1. The second-order valence-corrected chi connectivity index (χ2v) is 14.2. The van der Waals surface area contributed by atoms with E-state index in [0.717, 1.165) is 0 Å². The first-order chi connectivity index (χ1) is 11.6. The van der Waals surface area contributed by atoms with Crippen LogP contribution in [0.15, 0.2) is 18.7 Å². The summed E-state index contributed by atoms with van der Waals surface area (Å²) >= 11 is 1.23. The molecule has 5 atom stereocenters. The highest BCUT2D eigenvalue weighted by molar-refractivity contribution is 14.2. The zero-order chi connectivity index (χ0) is 18.5. The maximum Gasteiger partial charge on any atom is 0.296 e. The Balaban J connectivity index is 2.02. The summed E-state index contributed by atoms with van der Waals surface area (Å²) in [6.07, 6.45) is 5.24. The predicted molar refractivity (Wildman–Crippen MR) is 95.7 cm³/mol. The SMILES string of the molecule is NCC(=O)C12CCC[C@@]1([P@@](O)C(O)(Cn1ccnc1)P(=O)(O)I)OO2. The van der Waals surface area contributed by atoms with Crippen LogP contribution in [0.4, 0.5) is 0 Å². The number of carbonyl (C=O) groups excluding carboxylic acids is 1. The average Bonchev–Trinajstić information content (AvgIpc) is 3.12. The van der Waals surface area contributed by atoms with Crippen molar-refractivity contribution in [3.63, 3.8) is 0 Å². The minimum atomic E-state index is -4.26. The molecule has 0 spiro atoms. The van der Waals surface area contributed by atoms with Gasteiger partial charge in [0.1, 0.15) is 8.15 Å². The Morgan fingerprint density at radius 3 is 2.72 bits per heavy atom. The van der Waals surface area contributed by atoms with E-state index in [-0.39, 0.29) is 25.9 Å². The molecule has 1 aliphatic carbocycles. The van der Waals surface area contributed by atoms with Gasteiger partial charge in [0.25, 0.3) is 5.01 Å². The lowest BCUT2D eigenvalue weighted by Crippen LogP contribution is -2.69. The number of hydrogen-bond donors (Lipinski definition) is 4. The van der Waals surface area contributed by atoms with Crippen LogP contribution in [0.25, 0.3) is 0 Å². The van der Waals surface area contributed by atoms with Gasteiger partial charge in [-0.2, -0.15) is 0 Å². The maximum atomic E-state index is 12.5. The quantitative estimate of drug-likeness (QED) is 0.237. The zero-order valence-corrected chi connectivity index (χ0v) is 16.9. The summed E-state index contributed by atoms with van der Waals surface area (Å²) in [7, 11) is -2.68. The van der Waals surface area contributed by atoms with Gasteiger partial charge in [0.05, 0.1) is 19.4 Å². The van der Waals surface area contributed by atoms with Crippen molar-refractivity contribution >= 4 is 41.0 Å². The van der Waals surface area contributed by atoms with Crippen molar-refractivity contribution in [1.29, 1.82) is 0 Å². The van der Waals surface area contributed by atoms with Gasteiger partial charge in [0, 0.05) is 34.4 Å². The minimum absolute atomic E-state index is 0.212. The molecule has 5 N–H and O–H groups in total. The van der Waals surface area contributed by atoms with Crippen LogP contribution in [0.3, 0.4) is 0 Å². The molecular weight excluding hydrogens is 487 g/mol. The number of carbonyl (C=O) groups is 1. The van der Waals surface area contributed by atoms with Gasteiger partial charge in [0.15, 0.2) is 11.1 Å². The molecule has 140 valence electrons. The second-order valence-electron chi connectivity index (χ2n) is 6.08. The number of nitrogens with two attached hydrogens (primary N) is 1. The molecule has 10 nitrogen and oxygen atoms in total. The number of fused-ring (bicyclic) bond motifs is 1. The molecule has 1 aromatic heterocycles. The van der Waals surface area contributed by atoms with Crippen LogP contribution in [-0.2, 0) is 25.7 Å². The molecule has 0 bridgehead atoms. The zero-order valence-electron chi connectivity index (χ0n) is 13.0. The van der Waals surface area contributed by atoms with Crippen molar-refractivity contribution in [2.45, 2.75) is 41.8 Å². The summed E-state index contributed by atoms with van der Waals surface area (Å²) < 4.78 is 13.9. The van der Waals surface area contributed by atoms with Crippen LogP contribution in [0.1, 0.15) is 19.3 Å². The molecule has 1 saturated heterocycles. The highest BCUT2D eigenvalue weighted by Gasteiger charge is 2.78. The van der Waals surface area contributed by atoms with Gasteiger partial charge in [-0.1, -0.05) is 0 Å². The van der Waals surface area contributed by atoms with E-state index >= 15 is 0 Å². The molecule has 0 aromatic carbocycles. The van der Waals surface area contributed by atoms with E-state index in [0.29, 0.717) is 6.42 Å². The van der Waals surface area contributed by atoms with Gasteiger partial charge in [-0.05, 0) is 19.3 Å². The number of hydrogen-bond acceptors (Lipinski definition) is 8. The number of halogens is 1. The van der Waals surface area contributed by atoms with Gasteiger partial charge in [-0.15, -0.1) is 0 Å². The van der Waals surface area contributed by atoms with Crippen LogP contribution in [-0.4, -0.2) is 52.8 Å². The number of aromatic nitrogens is 2. The topological polar surface area (TPSA) is 157 Å². The van der Waals surface area contributed by atoms with Crippen molar-refractivity contribution in [1.82, 2.24) is 9.55 Å². The van der Waals surface area contributed by atoms with Gasteiger partial charge >= 0.3 is 0 Å². The van der Waals surface area contributed by atoms with E-state index in [1.165, 1.54) is 45.3 Å².